The van der Waals surface area contributed by atoms with Gasteiger partial charge in [0.1, 0.15) is 0 Å². The summed E-state index contributed by atoms with van der Waals surface area (Å²) in [5, 5.41) is 9.01. The van der Waals surface area contributed by atoms with Crippen LogP contribution < -0.4 is 0 Å². The van der Waals surface area contributed by atoms with Crippen LogP contribution in [-0.4, -0.2) is 40.6 Å². The number of amides is 1. The maximum absolute atomic E-state index is 11.8. The molecular formula is C13H16N2O2. The fourth-order valence-electron chi connectivity index (χ4n) is 1.93. The zero-order chi connectivity index (χ0) is 12.1. The van der Waals surface area contributed by atoms with Gasteiger partial charge in [-0.05, 0) is 24.1 Å². The van der Waals surface area contributed by atoms with Crippen LogP contribution in [0.25, 0.3) is 6.08 Å². The van der Waals surface area contributed by atoms with Crippen molar-refractivity contribution in [3.8, 4) is 0 Å². The quantitative estimate of drug-likeness (QED) is 0.789. The van der Waals surface area contributed by atoms with E-state index in [9.17, 15) is 4.79 Å². The number of rotatable bonds is 3. The van der Waals surface area contributed by atoms with Crippen LogP contribution in [0.1, 0.15) is 12.0 Å². The van der Waals surface area contributed by atoms with Crippen molar-refractivity contribution in [2.24, 2.45) is 5.92 Å². The highest BCUT2D eigenvalue weighted by atomic mass is 16.3. The highest BCUT2D eigenvalue weighted by Crippen LogP contribution is 2.15. The number of likely N-dealkylation sites (tertiary alicyclic amines) is 1. The van der Waals surface area contributed by atoms with Gasteiger partial charge in [-0.2, -0.15) is 0 Å². The predicted molar refractivity (Wildman–Crippen MR) is 65.0 cm³/mol. The zero-order valence-electron chi connectivity index (χ0n) is 9.62. The van der Waals surface area contributed by atoms with Crippen molar-refractivity contribution in [1.82, 2.24) is 9.88 Å². The molecule has 2 heterocycles. The zero-order valence-corrected chi connectivity index (χ0v) is 9.62. The standard InChI is InChI=1S/C13H16N2O2/c16-10-12-5-7-15(9-12)13(17)4-3-11-2-1-6-14-8-11/h1-4,6,8,12,16H,5,7,9-10H2/b4-3+/t12-/m1/s1. The van der Waals surface area contributed by atoms with E-state index in [-0.39, 0.29) is 18.4 Å². The Labute approximate surface area is 101 Å². The summed E-state index contributed by atoms with van der Waals surface area (Å²) in [6.45, 7) is 1.56. The van der Waals surface area contributed by atoms with Crippen LogP contribution in [0.5, 0.6) is 0 Å². The van der Waals surface area contributed by atoms with Gasteiger partial charge >= 0.3 is 0 Å². The molecule has 90 valence electrons. The summed E-state index contributed by atoms with van der Waals surface area (Å²) in [4.78, 5) is 17.6. The third kappa shape index (κ3) is 3.14. The second kappa shape index (κ2) is 5.59. The summed E-state index contributed by atoms with van der Waals surface area (Å²) in [6, 6.07) is 3.74. The van der Waals surface area contributed by atoms with E-state index in [2.05, 4.69) is 4.98 Å². The van der Waals surface area contributed by atoms with Crippen molar-refractivity contribution in [2.75, 3.05) is 19.7 Å². The smallest absolute Gasteiger partial charge is 0.246 e. The summed E-state index contributed by atoms with van der Waals surface area (Å²) < 4.78 is 0. The average Bonchev–Trinajstić information content (AvgIpc) is 2.86. The molecule has 0 unspecified atom stereocenters. The number of aromatic nitrogens is 1. The molecule has 4 nitrogen and oxygen atoms in total. The molecule has 0 aliphatic carbocycles. The third-order valence-corrected chi connectivity index (χ3v) is 2.96. The van der Waals surface area contributed by atoms with E-state index < -0.39 is 0 Å². The first-order chi connectivity index (χ1) is 8.29. The Bertz CT molecular complexity index is 403. The number of aliphatic hydroxyl groups excluding tert-OH is 1. The first-order valence-electron chi connectivity index (χ1n) is 5.77. The molecule has 0 saturated carbocycles. The van der Waals surface area contributed by atoms with Crippen molar-refractivity contribution in [3.63, 3.8) is 0 Å². The van der Waals surface area contributed by atoms with Crippen LogP contribution in [0.15, 0.2) is 30.6 Å². The predicted octanol–water partition coefficient (Wildman–Crippen LogP) is 0.936. The van der Waals surface area contributed by atoms with Crippen LogP contribution in [0.2, 0.25) is 0 Å². The van der Waals surface area contributed by atoms with Crippen LogP contribution in [0, 0.1) is 5.92 Å². The number of carbonyl (C=O) groups excluding carboxylic acids is 1. The topological polar surface area (TPSA) is 53.4 Å². The van der Waals surface area contributed by atoms with Crippen LogP contribution >= 0.6 is 0 Å². The van der Waals surface area contributed by atoms with E-state index in [0.717, 1.165) is 18.5 Å². The maximum Gasteiger partial charge on any atom is 0.246 e. The Balaban J connectivity index is 1.92. The number of aliphatic hydroxyl groups is 1. The maximum atomic E-state index is 11.8. The van der Waals surface area contributed by atoms with E-state index in [1.807, 2.05) is 12.1 Å². The second-order valence-electron chi connectivity index (χ2n) is 4.24. The average molecular weight is 232 g/mol. The van der Waals surface area contributed by atoms with Gasteiger partial charge in [0.2, 0.25) is 5.91 Å². The van der Waals surface area contributed by atoms with Crippen LogP contribution in [0.4, 0.5) is 0 Å². The van der Waals surface area contributed by atoms with Gasteiger partial charge in [0.15, 0.2) is 0 Å². The minimum Gasteiger partial charge on any atom is -0.396 e. The summed E-state index contributed by atoms with van der Waals surface area (Å²) >= 11 is 0. The van der Waals surface area contributed by atoms with Crippen molar-refractivity contribution < 1.29 is 9.90 Å². The van der Waals surface area contributed by atoms with E-state index in [0.29, 0.717) is 6.54 Å². The monoisotopic (exact) mass is 232 g/mol. The lowest BCUT2D eigenvalue weighted by Gasteiger charge is -2.13. The van der Waals surface area contributed by atoms with Crippen LogP contribution in [-0.2, 0) is 4.79 Å². The largest absolute Gasteiger partial charge is 0.396 e. The van der Waals surface area contributed by atoms with Crippen molar-refractivity contribution in [3.05, 3.63) is 36.2 Å². The Morgan fingerprint density at radius 2 is 2.53 bits per heavy atom. The van der Waals surface area contributed by atoms with Gasteiger partial charge < -0.3 is 10.0 Å². The van der Waals surface area contributed by atoms with Gasteiger partial charge in [-0.15, -0.1) is 0 Å². The van der Waals surface area contributed by atoms with E-state index in [1.165, 1.54) is 0 Å². The number of carbonyl (C=O) groups is 1. The molecule has 1 fully saturated rings. The molecule has 4 heteroatoms. The summed E-state index contributed by atoms with van der Waals surface area (Å²) in [5.74, 6) is 0.246. The molecule has 1 aliphatic heterocycles. The Hall–Kier alpha value is -1.68. The molecular weight excluding hydrogens is 216 g/mol. The number of hydrogen-bond acceptors (Lipinski definition) is 3. The van der Waals surface area contributed by atoms with E-state index in [1.54, 1.807) is 29.4 Å². The molecule has 1 amide bonds. The molecule has 0 radical (unpaired) electrons. The lowest BCUT2D eigenvalue weighted by Crippen LogP contribution is -2.27. The van der Waals surface area contributed by atoms with Gasteiger partial charge in [-0.3, -0.25) is 9.78 Å². The molecule has 0 bridgehead atoms. The molecule has 1 saturated heterocycles. The molecule has 1 aliphatic rings. The van der Waals surface area contributed by atoms with Gasteiger partial charge in [0.25, 0.3) is 0 Å². The van der Waals surface area contributed by atoms with Crippen molar-refractivity contribution in [1.29, 1.82) is 0 Å². The Morgan fingerprint density at radius 3 is 3.18 bits per heavy atom. The Kier molecular flexibility index (Phi) is 3.88. The molecule has 2 rings (SSSR count). The number of pyridine rings is 1. The van der Waals surface area contributed by atoms with E-state index in [4.69, 9.17) is 5.11 Å². The summed E-state index contributed by atoms with van der Waals surface area (Å²) in [5.41, 5.74) is 0.916. The molecule has 1 N–H and O–H groups in total. The van der Waals surface area contributed by atoms with Crippen LogP contribution in [0.3, 0.4) is 0 Å². The fourth-order valence-corrected chi connectivity index (χ4v) is 1.93. The molecule has 17 heavy (non-hydrogen) atoms. The first kappa shape index (κ1) is 11.8. The molecule has 0 aromatic carbocycles. The van der Waals surface area contributed by atoms with Crippen molar-refractivity contribution in [2.45, 2.75) is 6.42 Å². The summed E-state index contributed by atoms with van der Waals surface area (Å²) in [6.07, 6.45) is 7.64. The summed E-state index contributed by atoms with van der Waals surface area (Å²) in [7, 11) is 0. The minimum atomic E-state index is 0.00445. The first-order valence-corrected chi connectivity index (χ1v) is 5.77. The molecule has 1 aromatic heterocycles. The lowest BCUT2D eigenvalue weighted by molar-refractivity contribution is -0.125. The Morgan fingerprint density at radius 1 is 1.65 bits per heavy atom. The van der Waals surface area contributed by atoms with E-state index >= 15 is 0 Å². The highest BCUT2D eigenvalue weighted by Gasteiger charge is 2.23. The molecule has 0 spiro atoms. The second-order valence-corrected chi connectivity index (χ2v) is 4.24. The fraction of sp³-hybridized carbons (Fsp3) is 0.385. The van der Waals surface area contributed by atoms with Gasteiger partial charge in [0, 0.05) is 44.1 Å². The number of hydrogen-bond donors (Lipinski definition) is 1. The highest BCUT2D eigenvalue weighted by molar-refractivity contribution is 5.91. The lowest BCUT2D eigenvalue weighted by atomic mass is 10.1. The van der Waals surface area contributed by atoms with Gasteiger partial charge in [0.05, 0.1) is 0 Å². The molecule has 1 atom stereocenters. The minimum absolute atomic E-state index is 0.00445. The van der Waals surface area contributed by atoms with Gasteiger partial charge in [-0.1, -0.05) is 6.07 Å². The SMILES string of the molecule is O=C(/C=C/c1cccnc1)N1CC[C@@H](CO)C1. The normalized spacial score (nSPS) is 20.1. The third-order valence-electron chi connectivity index (χ3n) is 2.96. The van der Waals surface area contributed by atoms with Gasteiger partial charge in [-0.25, -0.2) is 0 Å². The van der Waals surface area contributed by atoms with Crippen molar-refractivity contribution >= 4 is 12.0 Å². The molecule has 1 aromatic rings. The number of nitrogens with zero attached hydrogens (tertiary/aromatic N) is 2.